The van der Waals surface area contributed by atoms with Gasteiger partial charge in [0.2, 0.25) is 0 Å². The van der Waals surface area contributed by atoms with E-state index < -0.39 is 0 Å². The molecule has 0 spiro atoms. The molecule has 0 heterocycles. The molecule has 0 rings (SSSR count). The molecule has 2 N–H and O–H groups in total. The van der Waals surface area contributed by atoms with Crippen LogP contribution in [0.4, 0.5) is 0 Å². The van der Waals surface area contributed by atoms with Crippen molar-refractivity contribution in [3.63, 3.8) is 0 Å². The summed E-state index contributed by atoms with van der Waals surface area (Å²) in [6.45, 7) is 7.00. The zero-order valence-electron chi connectivity index (χ0n) is 30.1. The van der Waals surface area contributed by atoms with Gasteiger partial charge in [0, 0.05) is 13.2 Å². The molecule has 0 atom stereocenters. The zero-order valence-corrected chi connectivity index (χ0v) is 30.1. The van der Waals surface area contributed by atoms with E-state index >= 15 is 0 Å². The molecule has 0 aromatic heterocycles. The average Bonchev–Trinajstić information content (AvgIpc) is 3.02. The van der Waals surface area contributed by atoms with Crippen LogP contribution in [0.15, 0.2) is 0 Å². The molecule has 0 unspecified atom stereocenters. The van der Waals surface area contributed by atoms with Gasteiger partial charge in [0.25, 0.3) is 0 Å². The Morgan fingerprint density at radius 2 is 0.558 bits per heavy atom. The van der Waals surface area contributed by atoms with E-state index in [0.29, 0.717) is 0 Å². The molecular weight excluding hydrogens is 526 g/mol. The maximum Gasteiger partial charge on any atom is 0.157 e. The summed E-state index contributed by atoms with van der Waals surface area (Å²) in [4.78, 5) is 0. The van der Waals surface area contributed by atoms with Crippen molar-refractivity contribution in [2.45, 2.75) is 238 Å². The number of hydrogen-bond acceptors (Lipinski definition) is 3. The summed E-state index contributed by atoms with van der Waals surface area (Å²) >= 11 is 0. The monoisotopic (exact) mass is 610 g/mol. The van der Waals surface area contributed by atoms with Crippen LogP contribution in [0.1, 0.15) is 232 Å². The van der Waals surface area contributed by atoms with E-state index in [4.69, 9.17) is 15.2 Å². The van der Waals surface area contributed by atoms with E-state index in [1.165, 1.54) is 205 Å². The lowest BCUT2D eigenvalue weighted by Crippen LogP contribution is -2.20. The van der Waals surface area contributed by atoms with Crippen LogP contribution in [0.5, 0.6) is 0 Å². The minimum Gasteiger partial charge on any atom is -0.353 e. The standard InChI is InChI=1S/C40H83NO2/c1-3-5-7-9-11-13-15-17-19-21-23-25-27-29-31-33-38-42-40(36-35-37-41)43-39-34-32-30-28-26-24-22-20-18-16-14-12-10-8-6-4-2/h40H,3-39,41H2,1-2H3. The highest BCUT2D eigenvalue weighted by Crippen LogP contribution is 2.16. The Morgan fingerprint density at radius 1 is 0.326 bits per heavy atom. The van der Waals surface area contributed by atoms with Gasteiger partial charge in [-0.2, -0.15) is 0 Å². The molecule has 3 nitrogen and oxygen atoms in total. The van der Waals surface area contributed by atoms with E-state index in [1.54, 1.807) is 0 Å². The van der Waals surface area contributed by atoms with Crippen molar-refractivity contribution in [2.75, 3.05) is 19.8 Å². The lowest BCUT2D eigenvalue weighted by molar-refractivity contribution is -0.147. The van der Waals surface area contributed by atoms with Crippen LogP contribution in [0.3, 0.4) is 0 Å². The molecule has 0 fully saturated rings. The summed E-state index contributed by atoms with van der Waals surface area (Å²) in [6.07, 6.45) is 46.8. The minimum atomic E-state index is -0.0452. The van der Waals surface area contributed by atoms with E-state index in [-0.39, 0.29) is 6.29 Å². The Morgan fingerprint density at radius 3 is 0.791 bits per heavy atom. The zero-order chi connectivity index (χ0) is 31.2. The van der Waals surface area contributed by atoms with E-state index in [2.05, 4.69) is 13.8 Å². The Labute approximate surface area is 273 Å². The molecule has 0 aromatic carbocycles. The fourth-order valence-electron chi connectivity index (χ4n) is 6.23. The van der Waals surface area contributed by atoms with Gasteiger partial charge >= 0.3 is 0 Å². The van der Waals surface area contributed by atoms with Gasteiger partial charge in [0.15, 0.2) is 6.29 Å². The summed E-state index contributed by atoms with van der Waals surface area (Å²) < 4.78 is 12.2. The number of ether oxygens (including phenoxy) is 2. The first kappa shape index (κ1) is 42.9. The number of unbranched alkanes of at least 4 members (excludes halogenated alkanes) is 30. The number of nitrogens with two attached hydrogens (primary N) is 1. The summed E-state index contributed by atoms with van der Waals surface area (Å²) in [5, 5.41) is 0. The van der Waals surface area contributed by atoms with Crippen LogP contribution >= 0.6 is 0 Å². The van der Waals surface area contributed by atoms with E-state index in [1.807, 2.05) is 0 Å². The lowest BCUT2D eigenvalue weighted by Gasteiger charge is -2.18. The van der Waals surface area contributed by atoms with Crippen LogP contribution in [-0.2, 0) is 9.47 Å². The first-order valence-electron chi connectivity index (χ1n) is 20.3. The molecule has 0 saturated heterocycles. The molecule has 0 amide bonds. The maximum atomic E-state index is 6.11. The van der Waals surface area contributed by atoms with Crippen LogP contribution in [-0.4, -0.2) is 26.0 Å². The smallest absolute Gasteiger partial charge is 0.157 e. The summed E-state index contributed by atoms with van der Waals surface area (Å²) in [5.74, 6) is 0. The molecule has 43 heavy (non-hydrogen) atoms. The first-order chi connectivity index (χ1) is 21.3. The van der Waals surface area contributed by atoms with Crippen LogP contribution in [0, 0.1) is 0 Å². The molecule has 3 heteroatoms. The summed E-state index contributed by atoms with van der Waals surface area (Å²) in [7, 11) is 0. The minimum absolute atomic E-state index is 0.0452. The molecule has 0 radical (unpaired) electrons. The van der Waals surface area contributed by atoms with E-state index in [9.17, 15) is 0 Å². The molecule has 260 valence electrons. The molecule has 0 bridgehead atoms. The van der Waals surface area contributed by atoms with Gasteiger partial charge in [-0.1, -0.05) is 206 Å². The van der Waals surface area contributed by atoms with Crippen molar-refractivity contribution in [1.29, 1.82) is 0 Å². The van der Waals surface area contributed by atoms with E-state index in [0.717, 1.165) is 32.6 Å². The van der Waals surface area contributed by atoms with Crippen LogP contribution in [0.25, 0.3) is 0 Å². The van der Waals surface area contributed by atoms with Crippen molar-refractivity contribution >= 4 is 0 Å². The van der Waals surface area contributed by atoms with Gasteiger partial charge in [-0.3, -0.25) is 0 Å². The van der Waals surface area contributed by atoms with Gasteiger partial charge in [-0.25, -0.2) is 0 Å². The van der Waals surface area contributed by atoms with Crippen molar-refractivity contribution in [2.24, 2.45) is 5.73 Å². The SMILES string of the molecule is CCCCCCCCCCCCCCCCCCOC(CCCN)OCCCCCCCCCCCCCCCCCC. The molecule has 0 aliphatic carbocycles. The maximum absolute atomic E-state index is 6.11. The second kappa shape index (κ2) is 39.9. The van der Waals surface area contributed by atoms with Gasteiger partial charge in [-0.15, -0.1) is 0 Å². The highest BCUT2D eigenvalue weighted by Gasteiger charge is 2.09. The largest absolute Gasteiger partial charge is 0.353 e. The molecule has 0 aliphatic heterocycles. The Balaban J connectivity index is 3.43. The van der Waals surface area contributed by atoms with Crippen molar-refractivity contribution in [3.8, 4) is 0 Å². The van der Waals surface area contributed by atoms with Crippen LogP contribution < -0.4 is 5.73 Å². The number of rotatable bonds is 39. The van der Waals surface area contributed by atoms with Gasteiger partial charge < -0.3 is 15.2 Å². The predicted octanol–water partition coefficient (Wildman–Crippen LogP) is 13.6. The van der Waals surface area contributed by atoms with Crippen molar-refractivity contribution < 1.29 is 9.47 Å². The van der Waals surface area contributed by atoms with Crippen LogP contribution in [0.2, 0.25) is 0 Å². The van der Waals surface area contributed by atoms with Gasteiger partial charge in [0.1, 0.15) is 0 Å². The van der Waals surface area contributed by atoms with Crippen molar-refractivity contribution in [3.05, 3.63) is 0 Å². The Kier molecular flexibility index (Phi) is 39.8. The molecular formula is C40H83NO2. The average molecular weight is 610 g/mol. The third-order valence-corrected chi connectivity index (χ3v) is 9.25. The lowest BCUT2D eigenvalue weighted by atomic mass is 10.0. The first-order valence-corrected chi connectivity index (χ1v) is 20.3. The molecule has 0 aromatic rings. The highest BCUT2D eigenvalue weighted by molar-refractivity contribution is 4.53. The molecule has 0 aliphatic rings. The highest BCUT2D eigenvalue weighted by atomic mass is 16.7. The topological polar surface area (TPSA) is 44.5 Å². The Hall–Kier alpha value is -0.120. The predicted molar refractivity (Wildman–Crippen MR) is 193 cm³/mol. The number of hydrogen-bond donors (Lipinski definition) is 1. The normalized spacial score (nSPS) is 11.7. The third kappa shape index (κ3) is 38.0. The Bertz CT molecular complexity index is 433. The van der Waals surface area contributed by atoms with Gasteiger partial charge in [0.05, 0.1) is 0 Å². The fourth-order valence-corrected chi connectivity index (χ4v) is 6.23. The second-order valence-electron chi connectivity index (χ2n) is 13.7. The summed E-state index contributed by atoms with van der Waals surface area (Å²) in [6, 6.07) is 0. The second-order valence-corrected chi connectivity index (χ2v) is 13.7. The fraction of sp³-hybridized carbons (Fsp3) is 1.00. The third-order valence-electron chi connectivity index (χ3n) is 9.25. The van der Waals surface area contributed by atoms with Crippen molar-refractivity contribution in [1.82, 2.24) is 0 Å². The quantitative estimate of drug-likeness (QED) is 0.0557. The van der Waals surface area contributed by atoms with Gasteiger partial charge in [-0.05, 0) is 32.2 Å². The molecule has 0 saturated carbocycles. The summed E-state index contributed by atoms with van der Waals surface area (Å²) in [5.41, 5.74) is 5.76.